The molecule has 31 heavy (non-hydrogen) atoms. The number of hydrogen-bond donors (Lipinski definition) is 0. The smallest absolute Gasteiger partial charge is 0.253 e. The molecular weight excluding hydrogens is 384 g/mol. The Morgan fingerprint density at radius 3 is 1.94 bits per heavy atom. The molecule has 0 radical (unpaired) electrons. The average molecular weight is 415 g/mol. The number of benzene rings is 1. The van der Waals surface area contributed by atoms with Crippen LogP contribution in [-0.2, 0) is 13.1 Å². The zero-order valence-electron chi connectivity index (χ0n) is 18.4. The van der Waals surface area contributed by atoms with Gasteiger partial charge in [-0.3, -0.25) is 19.7 Å². The minimum atomic E-state index is 0.131. The third kappa shape index (κ3) is 5.17. The van der Waals surface area contributed by atoms with E-state index in [1.54, 1.807) is 0 Å². The fraction of sp³-hybridized carbons (Fsp3) is 0.346. The van der Waals surface area contributed by atoms with Gasteiger partial charge in [-0.25, -0.2) is 0 Å². The van der Waals surface area contributed by atoms with Crippen molar-refractivity contribution in [1.29, 1.82) is 0 Å². The lowest BCUT2D eigenvalue weighted by Gasteiger charge is -2.38. The van der Waals surface area contributed by atoms with Crippen molar-refractivity contribution in [2.45, 2.75) is 45.8 Å². The van der Waals surface area contributed by atoms with Crippen molar-refractivity contribution in [2.24, 2.45) is 0 Å². The Kier molecular flexibility index (Phi) is 6.73. The second-order valence-corrected chi connectivity index (χ2v) is 8.33. The molecule has 1 aromatic carbocycles. The zero-order chi connectivity index (χ0) is 21.6. The summed E-state index contributed by atoms with van der Waals surface area (Å²) in [5, 5.41) is 0. The molecule has 160 valence electrons. The number of hydrogen-bond acceptors (Lipinski definition) is 4. The summed E-state index contributed by atoms with van der Waals surface area (Å²) in [4.78, 5) is 26.6. The lowest BCUT2D eigenvalue weighted by atomic mass is 10.0. The SMILES string of the molecule is Cc1cccnc1CN(Cc1ncccc1C)C1CCN(C(=O)c2ccccc2)CC1. The van der Waals surface area contributed by atoms with Crippen molar-refractivity contribution in [3.8, 4) is 0 Å². The van der Waals surface area contributed by atoms with Crippen molar-refractivity contribution in [3.63, 3.8) is 0 Å². The van der Waals surface area contributed by atoms with Crippen molar-refractivity contribution >= 4 is 5.91 Å². The van der Waals surface area contributed by atoms with Gasteiger partial charge in [-0.15, -0.1) is 0 Å². The third-order valence-corrected chi connectivity index (χ3v) is 6.23. The molecule has 1 saturated heterocycles. The number of carbonyl (C=O) groups is 1. The van der Waals surface area contributed by atoms with Crippen LogP contribution in [0.5, 0.6) is 0 Å². The molecule has 1 aliphatic heterocycles. The van der Waals surface area contributed by atoms with Gasteiger partial charge >= 0.3 is 0 Å². The molecule has 5 nitrogen and oxygen atoms in total. The molecule has 0 atom stereocenters. The van der Waals surface area contributed by atoms with Crippen LogP contribution in [0, 0.1) is 13.8 Å². The Balaban J connectivity index is 1.48. The molecule has 1 fully saturated rings. The van der Waals surface area contributed by atoms with Gasteiger partial charge in [0.25, 0.3) is 5.91 Å². The Morgan fingerprint density at radius 2 is 1.42 bits per heavy atom. The lowest BCUT2D eigenvalue weighted by molar-refractivity contribution is 0.0589. The topological polar surface area (TPSA) is 49.3 Å². The van der Waals surface area contributed by atoms with E-state index in [0.29, 0.717) is 6.04 Å². The highest BCUT2D eigenvalue weighted by Crippen LogP contribution is 2.23. The monoisotopic (exact) mass is 414 g/mol. The van der Waals surface area contributed by atoms with Crippen molar-refractivity contribution in [1.82, 2.24) is 19.8 Å². The van der Waals surface area contributed by atoms with E-state index in [0.717, 1.165) is 56.0 Å². The largest absolute Gasteiger partial charge is 0.339 e. The summed E-state index contributed by atoms with van der Waals surface area (Å²) in [6.07, 6.45) is 5.65. The Morgan fingerprint density at radius 1 is 0.871 bits per heavy atom. The van der Waals surface area contributed by atoms with Crippen molar-refractivity contribution in [3.05, 3.63) is 95.1 Å². The van der Waals surface area contributed by atoms with Crippen LogP contribution in [0.25, 0.3) is 0 Å². The van der Waals surface area contributed by atoms with Crippen LogP contribution in [0.15, 0.2) is 67.0 Å². The van der Waals surface area contributed by atoms with Crippen molar-refractivity contribution in [2.75, 3.05) is 13.1 Å². The van der Waals surface area contributed by atoms with Gasteiger partial charge in [-0.1, -0.05) is 30.3 Å². The molecule has 0 spiro atoms. The Hall–Kier alpha value is -3.05. The van der Waals surface area contributed by atoms with Crippen LogP contribution in [0.2, 0.25) is 0 Å². The van der Waals surface area contributed by atoms with Crippen LogP contribution in [0.1, 0.15) is 45.7 Å². The second-order valence-electron chi connectivity index (χ2n) is 8.33. The highest BCUT2D eigenvalue weighted by molar-refractivity contribution is 5.94. The minimum Gasteiger partial charge on any atom is -0.339 e. The summed E-state index contributed by atoms with van der Waals surface area (Å²) < 4.78 is 0. The number of aromatic nitrogens is 2. The molecule has 0 bridgehead atoms. The standard InChI is InChI=1S/C26H30N4O/c1-20-8-6-14-27-24(20)18-30(19-25-21(2)9-7-15-28-25)23-12-16-29(17-13-23)26(31)22-10-4-3-5-11-22/h3-11,14-15,23H,12-13,16-19H2,1-2H3. The highest BCUT2D eigenvalue weighted by atomic mass is 16.2. The first kappa shape index (κ1) is 21.2. The van der Waals surface area contributed by atoms with Gasteiger partial charge < -0.3 is 4.90 Å². The summed E-state index contributed by atoms with van der Waals surface area (Å²) in [7, 11) is 0. The summed E-state index contributed by atoms with van der Waals surface area (Å²) in [5.74, 6) is 0.131. The molecule has 1 aliphatic rings. The van der Waals surface area contributed by atoms with E-state index in [1.807, 2.05) is 59.8 Å². The normalized spacial score (nSPS) is 14.7. The van der Waals surface area contributed by atoms with E-state index in [9.17, 15) is 4.79 Å². The van der Waals surface area contributed by atoms with E-state index >= 15 is 0 Å². The van der Waals surface area contributed by atoms with Gasteiger partial charge in [-0.05, 0) is 62.1 Å². The number of amides is 1. The first-order chi connectivity index (χ1) is 15.1. The number of likely N-dealkylation sites (tertiary alicyclic amines) is 1. The number of carbonyl (C=O) groups excluding carboxylic acids is 1. The maximum atomic E-state index is 12.8. The maximum Gasteiger partial charge on any atom is 0.253 e. The molecule has 0 unspecified atom stereocenters. The third-order valence-electron chi connectivity index (χ3n) is 6.23. The predicted molar refractivity (Wildman–Crippen MR) is 123 cm³/mol. The number of piperidine rings is 1. The van der Waals surface area contributed by atoms with E-state index < -0.39 is 0 Å². The van der Waals surface area contributed by atoms with E-state index in [-0.39, 0.29) is 5.91 Å². The Bertz CT molecular complexity index is 965. The molecule has 0 aliphatic carbocycles. The number of aryl methyl sites for hydroxylation is 2. The summed E-state index contributed by atoms with van der Waals surface area (Å²) in [5.41, 5.74) is 5.41. The van der Waals surface area contributed by atoms with Gasteiger partial charge in [0.1, 0.15) is 0 Å². The fourth-order valence-corrected chi connectivity index (χ4v) is 4.26. The molecule has 5 heteroatoms. The predicted octanol–water partition coefficient (Wildman–Crippen LogP) is 4.40. The summed E-state index contributed by atoms with van der Waals surface area (Å²) in [6.45, 7) is 7.37. The molecular formula is C26H30N4O. The molecule has 0 saturated carbocycles. The lowest BCUT2D eigenvalue weighted by Crippen LogP contribution is -2.46. The van der Waals surface area contributed by atoms with Gasteiger partial charge in [0.2, 0.25) is 0 Å². The second kappa shape index (κ2) is 9.84. The van der Waals surface area contributed by atoms with Gasteiger partial charge in [0.05, 0.1) is 11.4 Å². The van der Waals surface area contributed by atoms with Crippen molar-refractivity contribution < 1.29 is 4.79 Å². The van der Waals surface area contributed by atoms with Gasteiger partial charge in [-0.2, -0.15) is 0 Å². The zero-order valence-corrected chi connectivity index (χ0v) is 18.4. The quantitative estimate of drug-likeness (QED) is 0.600. The first-order valence-electron chi connectivity index (χ1n) is 11.0. The first-order valence-corrected chi connectivity index (χ1v) is 11.0. The molecule has 0 N–H and O–H groups in total. The van der Waals surface area contributed by atoms with Gasteiger partial charge in [0.15, 0.2) is 0 Å². The van der Waals surface area contributed by atoms with E-state index in [4.69, 9.17) is 0 Å². The molecule has 1 amide bonds. The van der Waals surface area contributed by atoms with E-state index in [2.05, 4.69) is 40.8 Å². The summed E-state index contributed by atoms with van der Waals surface area (Å²) >= 11 is 0. The number of pyridine rings is 2. The number of nitrogens with zero attached hydrogens (tertiary/aromatic N) is 4. The van der Waals surface area contributed by atoms with Crippen LogP contribution >= 0.6 is 0 Å². The van der Waals surface area contributed by atoms with Crippen LogP contribution in [0.3, 0.4) is 0 Å². The molecule has 3 aromatic rings. The van der Waals surface area contributed by atoms with Gasteiger partial charge in [0, 0.05) is 50.2 Å². The van der Waals surface area contributed by atoms with Crippen LogP contribution in [-0.4, -0.2) is 44.8 Å². The molecule has 2 aromatic heterocycles. The molecule has 3 heterocycles. The summed E-state index contributed by atoms with van der Waals surface area (Å²) in [6, 6.07) is 18.2. The minimum absolute atomic E-state index is 0.131. The fourth-order valence-electron chi connectivity index (χ4n) is 4.26. The van der Waals surface area contributed by atoms with Crippen LogP contribution < -0.4 is 0 Å². The maximum absolute atomic E-state index is 12.8. The Labute approximate surface area is 184 Å². The highest BCUT2D eigenvalue weighted by Gasteiger charge is 2.28. The van der Waals surface area contributed by atoms with E-state index in [1.165, 1.54) is 11.1 Å². The average Bonchev–Trinajstić information content (AvgIpc) is 2.81. The number of rotatable bonds is 6. The van der Waals surface area contributed by atoms with Crippen LogP contribution in [0.4, 0.5) is 0 Å². The molecule has 4 rings (SSSR count).